The van der Waals surface area contributed by atoms with E-state index in [1.54, 1.807) is 0 Å². The summed E-state index contributed by atoms with van der Waals surface area (Å²) in [6.45, 7) is 1.94. The average molecular weight is 238 g/mol. The van der Waals surface area contributed by atoms with Gasteiger partial charge in [0.05, 0.1) is 12.2 Å². The Morgan fingerprint density at radius 1 is 0.722 bits per heavy atom. The highest BCUT2D eigenvalue weighted by molar-refractivity contribution is 6.43. The van der Waals surface area contributed by atoms with Gasteiger partial charge in [0.15, 0.2) is 0 Å². The van der Waals surface area contributed by atoms with Crippen molar-refractivity contribution in [3.05, 3.63) is 71.8 Å². The van der Waals surface area contributed by atoms with Crippen LogP contribution in [0.4, 0.5) is 0 Å². The lowest BCUT2D eigenvalue weighted by molar-refractivity contribution is 0.159. The summed E-state index contributed by atoms with van der Waals surface area (Å²) in [4.78, 5) is 0. The fourth-order valence-electron chi connectivity index (χ4n) is 2.38. The molecule has 1 heterocycles. The molecule has 0 saturated carbocycles. The van der Waals surface area contributed by atoms with Gasteiger partial charge in [-0.2, -0.15) is 0 Å². The SMILES string of the molecule is CB1OC(c2ccccc2)C(c2ccccc2)O1. The molecule has 2 atom stereocenters. The molecule has 0 bridgehead atoms. The van der Waals surface area contributed by atoms with Crippen LogP contribution in [0.25, 0.3) is 0 Å². The van der Waals surface area contributed by atoms with E-state index < -0.39 is 0 Å². The molecule has 0 radical (unpaired) electrons. The summed E-state index contributed by atoms with van der Waals surface area (Å²) >= 11 is 0. The Morgan fingerprint density at radius 3 is 1.50 bits per heavy atom. The number of hydrogen-bond acceptors (Lipinski definition) is 2. The van der Waals surface area contributed by atoms with Crippen LogP contribution in [0, 0.1) is 0 Å². The van der Waals surface area contributed by atoms with Crippen LogP contribution in [0.1, 0.15) is 23.3 Å². The van der Waals surface area contributed by atoms with Crippen molar-refractivity contribution in [2.75, 3.05) is 0 Å². The zero-order valence-corrected chi connectivity index (χ0v) is 10.3. The van der Waals surface area contributed by atoms with Crippen LogP contribution in [0.2, 0.25) is 6.82 Å². The molecule has 1 fully saturated rings. The Labute approximate surface area is 108 Å². The Kier molecular flexibility index (Phi) is 3.18. The predicted octanol–water partition coefficient (Wildman–Crippen LogP) is 3.63. The first-order chi connectivity index (χ1) is 8.84. The van der Waals surface area contributed by atoms with E-state index in [1.807, 2.05) is 43.2 Å². The Morgan fingerprint density at radius 2 is 1.11 bits per heavy atom. The molecular weight excluding hydrogens is 223 g/mol. The van der Waals surface area contributed by atoms with Gasteiger partial charge in [-0.25, -0.2) is 0 Å². The van der Waals surface area contributed by atoms with Gasteiger partial charge in [-0.05, 0) is 17.9 Å². The maximum Gasteiger partial charge on any atom is 0.454 e. The molecule has 0 spiro atoms. The van der Waals surface area contributed by atoms with Gasteiger partial charge in [0, 0.05) is 0 Å². The van der Waals surface area contributed by atoms with Crippen molar-refractivity contribution in [2.24, 2.45) is 0 Å². The maximum absolute atomic E-state index is 5.89. The molecule has 2 aromatic rings. The van der Waals surface area contributed by atoms with E-state index >= 15 is 0 Å². The minimum absolute atomic E-state index is 0.0244. The topological polar surface area (TPSA) is 18.5 Å². The summed E-state index contributed by atoms with van der Waals surface area (Å²) < 4.78 is 11.8. The summed E-state index contributed by atoms with van der Waals surface area (Å²) in [6, 6.07) is 20.5. The second-order valence-electron chi connectivity index (χ2n) is 4.50. The van der Waals surface area contributed by atoms with Crippen LogP contribution in [-0.2, 0) is 9.31 Å². The Hall–Kier alpha value is -1.58. The molecule has 3 heteroatoms. The summed E-state index contributed by atoms with van der Waals surface area (Å²) in [5.74, 6) is 0. The van der Waals surface area contributed by atoms with Gasteiger partial charge in [-0.1, -0.05) is 60.7 Å². The van der Waals surface area contributed by atoms with Gasteiger partial charge in [0.25, 0.3) is 0 Å². The van der Waals surface area contributed by atoms with Crippen LogP contribution in [0.15, 0.2) is 60.7 Å². The van der Waals surface area contributed by atoms with Crippen LogP contribution in [0.3, 0.4) is 0 Å². The summed E-state index contributed by atoms with van der Waals surface area (Å²) in [5.41, 5.74) is 2.33. The Balaban J connectivity index is 1.93. The zero-order valence-electron chi connectivity index (χ0n) is 10.3. The molecule has 2 unspecified atom stereocenters. The van der Waals surface area contributed by atoms with Crippen LogP contribution >= 0.6 is 0 Å². The van der Waals surface area contributed by atoms with Crippen LogP contribution in [0.5, 0.6) is 0 Å². The van der Waals surface area contributed by atoms with Crippen molar-refractivity contribution >= 4 is 7.12 Å². The summed E-state index contributed by atoms with van der Waals surface area (Å²) in [7, 11) is -0.166. The lowest BCUT2D eigenvalue weighted by Gasteiger charge is -2.19. The second-order valence-corrected chi connectivity index (χ2v) is 4.50. The molecule has 90 valence electrons. The molecule has 3 rings (SSSR count). The lowest BCUT2D eigenvalue weighted by Crippen LogP contribution is -2.07. The van der Waals surface area contributed by atoms with E-state index in [-0.39, 0.29) is 19.3 Å². The highest BCUT2D eigenvalue weighted by Gasteiger charge is 2.38. The van der Waals surface area contributed by atoms with Crippen molar-refractivity contribution in [3.63, 3.8) is 0 Å². The molecule has 18 heavy (non-hydrogen) atoms. The molecule has 1 saturated heterocycles. The van der Waals surface area contributed by atoms with E-state index in [9.17, 15) is 0 Å². The number of benzene rings is 2. The van der Waals surface area contributed by atoms with E-state index in [4.69, 9.17) is 9.31 Å². The minimum atomic E-state index is -0.166. The molecule has 1 aliphatic heterocycles. The van der Waals surface area contributed by atoms with Gasteiger partial charge >= 0.3 is 7.12 Å². The number of rotatable bonds is 2. The summed E-state index contributed by atoms with van der Waals surface area (Å²) in [5, 5.41) is 0. The standard InChI is InChI=1S/C15H15BO2/c1-16-17-14(12-8-4-2-5-9-12)15(18-16)13-10-6-3-7-11-13/h2-11,14-15H,1H3. The van der Waals surface area contributed by atoms with Crippen LogP contribution in [-0.4, -0.2) is 7.12 Å². The fourth-order valence-corrected chi connectivity index (χ4v) is 2.38. The van der Waals surface area contributed by atoms with E-state index in [0.29, 0.717) is 0 Å². The van der Waals surface area contributed by atoms with Crippen molar-refractivity contribution in [1.82, 2.24) is 0 Å². The summed E-state index contributed by atoms with van der Waals surface area (Å²) in [6.07, 6.45) is -0.0489. The average Bonchev–Trinajstić information content (AvgIpc) is 2.83. The zero-order chi connectivity index (χ0) is 12.4. The van der Waals surface area contributed by atoms with Gasteiger partial charge in [-0.3, -0.25) is 0 Å². The van der Waals surface area contributed by atoms with Crippen LogP contribution < -0.4 is 0 Å². The molecule has 1 aliphatic rings. The first-order valence-corrected chi connectivity index (χ1v) is 6.25. The molecule has 0 aromatic heterocycles. The van der Waals surface area contributed by atoms with Gasteiger partial charge < -0.3 is 9.31 Å². The fraction of sp³-hybridized carbons (Fsp3) is 0.200. The van der Waals surface area contributed by atoms with Crippen molar-refractivity contribution < 1.29 is 9.31 Å². The maximum atomic E-state index is 5.89. The third kappa shape index (κ3) is 2.19. The third-order valence-corrected chi connectivity index (χ3v) is 3.21. The minimum Gasteiger partial charge on any atom is -0.401 e. The smallest absolute Gasteiger partial charge is 0.401 e. The van der Waals surface area contributed by atoms with Gasteiger partial charge in [0.1, 0.15) is 0 Å². The largest absolute Gasteiger partial charge is 0.454 e. The molecule has 0 amide bonds. The molecule has 2 aromatic carbocycles. The monoisotopic (exact) mass is 238 g/mol. The molecule has 2 nitrogen and oxygen atoms in total. The van der Waals surface area contributed by atoms with Crippen molar-refractivity contribution in [1.29, 1.82) is 0 Å². The highest BCUT2D eigenvalue weighted by Crippen LogP contribution is 2.40. The quantitative estimate of drug-likeness (QED) is 0.743. The van der Waals surface area contributed by atoms with E-state index in [1.165, 1.54) is 0 Å². The third-order valence-electron chi connectivity index (χ3n) is 3.21. The first-order valence-electron chi connectivity index (χ1n) is 6.25. The molecule has 0 N–H and O–H groups in total. The second kappa shape index (κ2) is 4.97. The van der Waals surface area contributed by atoms with Gasteiger partial charge in [0.2, 0.25) is 0 Å². The first kappa shape index (κ1) is 11.5. The van der Waals surface area contributed by atoms with E-state index in [2.05, 4.69) is 24.3 Å². The van der Waals surface area contributed by atoms with Gasteiger partial charge in [-0.15, -0.1) is 0 Å². The predicted molar refractivity (Wildman–Crippen MR) is 72.2 cm³/mol. The molecular formula is C15H15BO2. The van der Waals surface area contributed by atoms with E-state index in [0.717, 1.165) is 11.1 Å². The number of hydrogen-bond donors (Lipinski definition) is 0. The highest BCUT2D eigenvalue weighted by atomic mass is 16.7. The molecule has 0 aliphatic carbocycles. The Bertz CT molecular complexity index is 453. The van der Waals surface area contributed by atoms with Crippen molar-refractivity contribution in [2.45, 2.75) is 19.0 Å². The normalized spacial score (nSPS) is 23.3. The lowest BCUT2D eigenvalue weighted by atomic mass is 9.97. The van der Waals surface area contributed by atoms with Crippen molar-refractivity contribution in [3.8, 4) is 0 Å².